The predicted octanol–water partition coefficient (Wildman–Crippen LogP) is 6.20. The second kappa shape index (κ2) is 12.1. The van der Waals surface area contributed by atoms with Crippen LogP contribution in [0.3, 0.4) is 0 Å². The zero-order valence-electron chi connectivity index (χ0n) is 14.2. The lowest BCUT2D eigenvalue weighted by atomic mass is 9.99. The third-order valence-corrected chi connectivity index (χ3v) is 5.02. The highest BCUT2D eigenvalue weighted by molar-refractivity contribution is 7.98. The van der Waals surface area contributed by atoms with Crippen molar-refractivity contribution in [3.05, 3.63) is 29.8 Å². The molecule has 0 aliphatic carbocycles. The highest BCUT2D eigenvalue weighted by Gasteiger charge is 2.12. The molecular weight excluding hydrogens is 274 g/mol. The Bertz CT molecular complexity index is 364. The van der Waals surface area contributed by atoms with Crippen LogP contribution in [0.5, 0.6) is 0 Å². The Morgan fingerprint density at radius 1 is 0.952 bits per heavy atom. The molecule has 0 saturated heterocycles. The van der Waals surface area contributed by atoms with Gasteiger partial charge in [0.1, 0.15) is 0 Å². The van der Waals surface area contributed by atoms with Gasteiger partial charge in [-0.25, -0.2) is 0 Å². The Morgan fingerprint density at radius 3 is 2.19 bits per heavy atom. The minimum Gasteiger partial charge on any atom is -0.313 e. The van der Waals surface area contributed by atoms with Gasteiger partial charge in [0, 0.05) is 10.9 Å². The van der Waals surface area contributed by atoms with Gasteiger partial charge in [-0.3, -0.25) is 0 Å². The molecule has 0 bridgehead atoms. The summed E-state index contributed by atoms with van der Waals surface area (Å²) in [5.41, 5.74) is 1.47. The van der Waals surface area contributed by atoms with E-state index in [4.69, 9.17) is 0 Å². The molecule has 0 aliphatic heterocycles. The van der Waals surface area contributed by atoms with E-state index in [1.54, 1.807) is 0 Å². The fourth-order valence-corrected chi connectivity index (χ4v) is 3.55. The van der Waals surface area contributed by atoms with Crippen molar-refractivity contribution in [2.45, 2.75) is 75.6 Å². The molecule has 0 fully saturated rings. The summed E-state index contributed by atoms with van der Waals surface area (Å²) in [5, 5.41) is 3.50. The molecule has 0 aliphatic rings. The molecule has 0 amide bonds. The highest BCUT2D eigenvalue weighted by Crippen LogP contribution is 2.28. The zero-order chi connectivity index (χ0) is 15.3. The summed E-state index contributed by atoms with van der Waals surface area (Å²) in [6.07, 6.45) is 14.6. The van der Waals surface area contributed by atoms with Crippen molar-refractivity contribution in [3.8, 4) is 0 Å². The maximum Gasteiger partial charge on any atom is 0.0328 e. The van der Waals surface area contributed by atoms with Gasteiger partial charge < -0.3 is 5.32 Å². The van der Waals surface area contributed by atoms with Crippen LogP contribution < -0.4 is 5.32 Å². The lowest BCUT2D eigenvalue weighted by Gasteiger charge is -2.19. The van der Waals surface area contributed by atoms with Crippen LogP contribution in [0.2, 0.25) is 0 Å². The molecule has 0 radical (unpaired) electrons. The van der Waals surface area contributed by atoms with E-state index < -0.39 is 0 Å². The number of thioether (sulfide) groups is 1. The molecule has 1 unspecified atom stereocenters. The maximum absolute atomic E-state index is 3.50. The van der Waals surface area contributed by atoms with Crippen LogP contribution in [0.25, 0.3) is 0 Å². The summed E-state index contributed by atoms with van der Waals surface area (Å²) in [7, 11) is 2.09. The van der Waals surface area contributed by atoms with Crippen LogP contribution >= 0.6 is 11.8 Å². The van der Waals surface area contributed by atoms with Gasteiger partial charge in [-0.2, -0.15) is 0 Å². The molecule has 1 N–H and O–H groups in total. The summed E-state index contributed by atoms with van der Waals surface area (Å²) < 4.78 is 0. The highest BCUT2D eigenvalue weighted by atomic mass is 32.2. The Kier molecular flexibility index (Phi) is 10.7. The zero-order valence-corrected chi connectivity index (χ0v) is 15.0. The number of unbranched alkanes of at least 4 members (excludes halogenated alkanes) is 7. The fourth-order valence-electron chi connectivity index (χ4n) is 2.89. The minimum absolute atomic E-state index is 0.508. The van der Waals surface area contributed by atoms with Crippen molar-refractivity contribution in [1.29, 1.82) is 0 Å². The van der Waals surface area contributed by atoms with Crippen LogP contribution in [-0.4, -0.2) is 13.3 Å². The van der Waals surface area contributed by atoms with Gasteiger partial charge >= 0.3 is 0 Å². The second-order valence-electron chi connectivity index (χ2n) is 5.85. The van der Waals surface area contributed by atoms with Gasteiger partial charge in [0.2, 0.25) is 0 Å². The first-order valence-corrected chi connectivity index (χ1v) is 9.86. The molecular formula is C19H33NS. The van der Waals surface area contributed by atoms with Gasteiger partial charge in [0.15, 0.2) is 0 Å². The van der Waals surface area contributed by atoms with Gasteiger partial charge in [-0.05, 0) is 31.4 Å². The maximum atomic E-state index is 3.50. The van der Waals surface area contributed by atoms with E-state index >= 15 is 0 Å². The van der Waals surface area contributed by atoms with Crippen LogP contribution in [-0.2, 0) is 0 Å². The van der Waals surface area contributed by atoms with Crippen LogP contribution in [0, 0.1) is 0 Å². The molecule has 0 saturated carbocycles. The van der Waals surface area contributed by atoms with Crippen molar-refractivity contribution < 1.29 is 0 Å². The molecule has 1 aromatic rings. The van der Waals surface area contributed by atoms with E-state index in [9.17, 15) is 0 Å². The summed E-state index contributed by atoms with van der Waals surface area (Å²) in [6, 6.07) is 9.31. The van der Waals surface area contributed by atoms with Crippen molar-refractivity contribution in [2.24, 2.45) is 0 Å². The van der Waals surface area contributed by atoms with Gasteiger partial charge in [0.25, 0.3) is 0 Å². The van der Waals surface area contributed by atoms with Crippen molar-refractivity contribution in [1.82, 2.24) is 5.32 Å². The largest absolute Gasteiger partial charge is 0.313 e. The third kappa shape index (κ3) is 7.37. The fraction of sp³-hybridized carbons (Fsp3) is 0.684. The average molecular weight is 308 g/mol. The Morgan fingerprint density at radius 2 is 1.57 bits per heavy atom. The summed E-state index contributed by atoms with van der Waals surface area (Å²) in [5.74, 6) is 0. The van der Waals surface area contributed by atoms with E-state index in [0.29, 0.717) is 6.04 Å². The molecule has 0 spiro atoms. The second-order valence-corrected chi connectivity index (χ2v) is 6.69. The lowest BCUT2D eigenvalue weighted by Crippen LogP contribution is -2.17. The molecule has 0 heterocycles. The van der Waals surface area contributed by atoms with Crippen LogP contribution in [0.4, 0.5) is 0 Å². The van der Waals surface area contributed by atoms with Crippen molar-refractivity contribution in [2.75, 3.05) is 13.3 Å². The number of nitrogens with one attached hydrogen (secondary N) is 1. The number of benzene rings is 1. The van der Waals surface area contributed by atoms with E-state index in [1.165, 1.54) is 68.2 Å². The molecule has 2 heteroatoms. The first-order valence-electron chi connectivity index (χ1n) is 8.63. The quantitative estimate of drug-likeness (QED) is 0.364. The molecule has 120 valence electrons. The first-order chi connectivity index (χ1) is 10.3. The summed E-state index contributed by atoms with van der Waals surface area (Å²) >= 11 is 1.85. The van der Waals surface area contributed by atoms with Crippen molar-refractivity contribution >= 4 is 11.8 Å². The average Bonchev–Trinajstić information content (AvgIpc) is 2.53. The molecule has 21 heavy (non-hydrogen) atoms. The van der Waals surface area contributed by atoms with Crippen LogP contribution in [0.1, 0.15) is 76.3 Å². The van der Waals surface area contributed by atoms with E-state index in [-0.39, 0.29) is 0 Å². The van der Waals surface area contributed by atoms with Crippen molar-refractivity contribution in [3.63, 3.8) is 0 Å². The first kappa shape index (κ1) is 18.6. The monoisotopic (exact) mass is 307 g/mol. The predicted molar refractivity (Wildman–Crippen MR) is 97.3 cm³/mol. The van der Waals surface area contributed by atoms with E-state index in [2.05, 4.69) is 49.8 Å². The number of rotatable bonds is 12. The molecule has 0 aromatic heterocycles. The topological polar surface area (TPSA) is 12.0 Å². The molecule has 1 nitrogen and oxygen atoms in total. The smallest absolute Gasteiger partial charge is 0.0328 e. The third-order valence-electron chi connectivity index (χ3n) is 4.21. The summed E-state index contributed by atoms with van der Waals surface area (Å²) in [4.78, 5) is 1.41. The van der Waals surface area contributed by atoms with E-state index in [1.807, 2.05) is 11.8 Å². The number of hydrogen-bond acceptors (Lipinski definition) is 2. The van der Waals surface area contributed by atoms with Gasteiger partial charge in [-0.15, -0.1) is 11.8 Å². The molecule has 1 aromatic carbocycles. The van der Waals surface area contributed by atoms with Crippen LogP contribution in [0.15, 0.2) is 29.2 Å². The standard InChI is InChI=1S/C19H33NS/c1-4-5-6-7-8-9-10-11-15-18(20-2)17-14-12-13-16-19(17)21-3/h12-14,16,18,20H,4-11,15H2,1-3H3. The molecule has 1 atom stereocenters. The van der Waals surface area contributed by atoms with Gasteiger partial charge in [-0.1, -0.05) is 76.5 Å². The Hall–Kier alpha value is -0.470. The Balaban J connectivity index is 2.25. The SMILES string of the molecule is CCCCCCCCCCC(NC)c1ccccc1SC. The van der Waals surface area contributed by atoms with E-state index in [0.717, 1.165) is 0 Å². The summed E-state index contributed by atoms with van der Waals surface area (Å²) in [6.45, 7) is 2.28. The Labute approximate surface area is 136 Å². The minimum atomic E-state index is 0.508. The van der Waals surface area contributed by atoms with Gasteiger partial charge in [0.05, 0.1) is 0 Å². The number of hydrogen-bond donors (Lipinski definition) is 1. The normalized spacial score (nSPS) is 12.5. The molecule has 1 rings (SSSR count). The lowest BCUT2D eigenvalue weighted by molar-refractivity contribution is 0.490.